The molecule has 0 bridgehead atoms. The number of nitrogens with zero attached hydrogens (tertiary/aromatic N) is 1. The molecule has 2 aromatic carbocycles. The van der Waals surface area contributed by atoms with Crippen LogP contribution in [0.15, 0.2) is 35.3 Å². The van der Waals surface area contributed by atoms with Crippen LogP contribution in [0.3, 0.4) is 0 Å². The monoisotopic (exact) mass is 201 g/mol. The quantitative estimate of drug-likeness (QED) is 0.619. The Morgan fingerprint density at radius 3 is 3.00 bits per heavy atom. The van der Waals surface area contributed by atoms with E-state index in [2.05, 4.69) is 17.1 Å². The Kier molecular flexibility index (Phi) is 1.62. The van der Waals surface area contributed by atoms with Crippen molar-refractivity contribution in [3.8, 4) is 0 Å². The lowest BCUT2D eigenvalue weighted by Gasteiger charge is -2.12. The highest BCUT2D eigenvalue weighted by atomic mass is 35.5. The van der Waals surface area contributed by atoms with Gasteiger partial charge < -0.3 is 0 Å². The third-order valence-corrected chi connectivity index (χ3v) is 2.93. The van der Waals surface area contributed by atoms with E-state index in [9.17, 15) is 0 Å². The summed E-state index contributed by atoms with van der Waals surface area (Å²) in [5, 5.41) is 3.21. The van der Waals surface area contributed by atoms with Gasteiger partial charge in [-0.25, -0.2) is 0 Å². The van der Waals surface area contributed by atoms with E-state index < -0.39 is 0 Å². The maximum Gasteiger partial charge on any atom is 0.0646 e. The van der Waals surface area contributed by atoms with Gasteiger partial charge in [0.1, 0.15) is 0 Å². The van der Waals surface area contributed by atoms with Crippen molar-refractivity contribution in [2.24, 2.45) is 4.99 Å². The first-order chi connectivity index (χ1) is 6.86. The van der Waals surface area contributed by atoms with Crippen molar-refractivity contribution in [3.63, 3.8) is 0 Å². The van der Waals surface area contributed by atoms with Gasteiger partial charge in [-0.1, -0.05) is 35.9 Å². The Morgan fingerprint density at radius 2 is 2.07 bits per heavy atom. The lowest BCUT2D eigenvalue weighted by Crippen LogP contribution is -1.96. The van der Waals surface area contributed by atoms with E-state index in [-0.39, 0.29) is 0 Å². The maximum absolute atomic E-state index is 6.14. The van der Waals surface area contributed by atoms with Gasteiger partial charge in [-0.15, -0.1) is 0 Å². The second-order valence-electron chi connectivity index (χ2n) is 3.45. The molecular formula is C12H8ClN. The second kappa shape index (κ2) is 2.82. The van der Waals surface area contributed by atoms with Gasteiger partial charge in [0, 0.05) is 22.2 Å². The molecular weight excluding hydrogens is 194 g/mol. The van der Waals surface area contributed by atoms with Crippen LogP contribution in [0, 0.1) is 0 Å². The SMILES string of the molecule is Clc1ccc2c3c(cccc13)CN=C2. The molecule has 1 aliphatic rings. The van der Waals surface area contributed by atoms with Crippen LogP contribution in [0.2, 0.25) is 5.02 Å². The van der Waals surface area contributed by atoms with Crippen molar-refractivity contribution in [1.82, 2.24) is 0 Å². The number of aliphatic imine (C=N–C) groups is 1. The minimum atomic E-state index is 0.769. The summed E-state index contributed by atoms with van der Waals surface area (Å²) >= 11 is 6.14. The average molecular weight is 202 g/mol. The standard InChI is InChI=1S/C12H8ClN/c13-11-5-4-9-7-14-6-8-2-1-3-10(11)12(8)9/h1-5,7H,6H2. The molecule has 0 radical (unpaired) electrons. The Morgan fingerprint density at radius 1 is 1.14 bits per heavy atom. The molecule has 0 saturated carbocycles. The Balaban J connectivity index is 2.56. The molecule has 2 aromatic rings. The fourth-order valence-corrected chi connectivity index (χ4v) is 2.18. The van der Waals surface area contributed by atoms with Crippen molar-refractivity contribution in [2.75, 3.05) is 0 Å². The van der Waals surface area contributed by atoms with Gasteiger partial charge in [0.2, 0.25) is 0 Å². The summed E-state index contributed by atoms with van der Waals surface area (Å²) in [6.07, 6.45) is 1.92. The topological polar surface area (TPSA) is 12.4 Å². The zero-order valence-corrected chi connectivity index (χ0v) is 8.25. The molecule has 0 atom stereocenters. The molecule has 3 rings (SSSR count). The third-order valence-electron chi connectivity index (χ3n) is 2.60. The van der Waals surface area contributed by atoms with E-state index in [4.69, 9.17) is 11.6 Å². The van der Waals surface area contributed by atoms with Crippen molar-refractivity contribution in [1.29, 1.82) is 0 Å². The Labute approximate surface area is 87.0 Å². The summed E-state index contributed by atoms with van der Waals surface area (Å²) in [6, 6.07) is 10.2. The predicted molar refractivity (Wildman–Crippen MR) is 60.3 cm³/mol. The van der Waals surface area contributed by atoms with Crippen LogP contribution >= 0.6 is 11.6 Å². The molecule has 0 unspecified atom stereocenters. The molecule has 0 saturated heterocycles. The van der Waals surface area contributed by atoms with Crippen LogP contribution in [0.25, 0.3) is 10.8 Å². The van der Waals surface area contributed by atoms with Crippen LogP contribution in [0.4, 0.5) is 0 Å². The zero-order valence-electron chi connectivity index (χ0n) is 7.50. The maximum atomic E-state index is 6.14. The summed E-state index contributed by atoms with van der Waals surface area (Å²) in [6.45, 7) is 0.769. The average Bonchev–Trinajstić information content (AvgIpc) is 2.24. The fraction of sp³-hybridized carbons (Fsp3) is 0.0833. The van der Waals surface area contributed by atoms with Crippen LogP contribution in [0.1, 0.15) is 11.1 Å². The minimum absolute atomic E-state index is 0.769. The summed E-state index contributed by atoms with van der Waals surface area (Å²) in [5.41, 5.74) is 2.44. The van der Waals surface area contributed by atoms with Crippen molar-refractivity contribution < 1.29 is 0 Å². The van der Waals surface area contributed by atoms with Crippen LogP contribution in [-0.4, -0.2) is 6.21 Å². The second-order valence-corrected chi connectivity index (χ2v) is 3.85. The van der Waals surface area contributed by atoms with Gasteiger partial charge in [-0.3, -0.25) is 4.99 Å². The number of hydrogen-bond acceptors (Lipinski definition) is 1. The smallest absolute Gasteiger partial charge is 0.0646 e. The largest absolute Gasteiger partial charge is 0.288 e. The summed E-state index contributed by atoms with van der Waals surface area (Å²) in [4.78, 5) is 4.31. The minimum Gasteiger partial charge on any atom is -0.288 e. The molecule has 0 aromatic heterocycles. The molecule has 0 amide bonds. The molecule has 0 aliphatic carbocycles. The number of benzene rings is 2. The summed E-state index contributed by atoms with van der Waals surface area (Å²) in [7, 11) is 0. The molecule has 0 N–H and O–H groups in total. The number of rotatable bonds is 0. The number of hydrogen-bond donors (Lipinski definition) is 0. The first-order valence-corrected chi connectivity index (χ1v) is 4.94. The van der Waals surface area contributed by atoms with E-state index in [1.54, 1.807) is 0 Å². The van der Waals surface area contributed by atoms with Gasteiger partial charge in [0.05, 0.1) is 6.54 Å². The predicted octanol–water partition coefficient (Wildman–Crippen LogP) is 3.43. The molecule has 0 spiro atoms. The molecule has 0 fully saturated rings. The Bertz CT molecular complexity index is 543. The first-order valence-electron chi connectivity index (χ1n) is 4.56. The number of halogens is 1. The zero-order chi connectivity index (χ0) is 9.54. The highest BCUT2D eigenvalue weighted by molar-refractivity contribution is 6.36. The fourth-order valence-electron chi connectivity index (χ4n) is 1.96. The van der Waals surface area contributed by atoms with Gasteiger partial charge in [0.15, 0.2) is 0 Å². The molecule has 68 valence electrons. The van der Waals surface area contributed by atoms with Crippen molar-refractivity contribution >= 4 is 28.6 Å². The first kappa shape index (κ1) is 8.01. The summed E-state index contributed by atoms with van der Waals surface area (Å²) in [5.74, 6) is 0. The lowest BCUT2D eigenvalue weighted by molar-refractivity contribution is 1.08. The Hall–Kier alpha value is -1.34. The molecule has 1 heterocycles. The summed E-state index contributed by atoms with van der Waals surface area (Å²) < 4.78 is 0. The lowest BCUT2D eigenvalue weighted by atomic mass is 9.98. The highest BCUT2D eigenvalue weighted by Gasteiger charge is 2.10. The van der Waals surface area contributed by atoms with Crippen molar-refractivity contribution in [3.05, 3.63) is 46.5 Å². The van der Waals surface area contributed by atoms with E-state index in [1.165, 1.54) is 16.5 Å². The molecule has 1 aliphatic heterocycles. The van der Waals surface area contributed by atoms with Crippen LogP contribution < -0.4 is 0 Å². The van der Waals surface area contributed by atoms with E-state index in [0.29, 0.717) is 0 Å². The van der Waals surface area contributed by atoms with Crippen LogP contribution in [-0.2, 0) is 6.54 Å². The van der Waals surface area contributed by atoms with Gasteiger partial charge >= 0.3 is 0 Å². The van der Waals surface area contributed by atoms with Gasteiger partial charge in [0.25, 0.3) is 0 Å². The van der Waals surface area contributed by atoms with Gasteiger partial charge in [-0.2, -0.15) is 0 Å². The third kappa shape index (κ3) is 0.992. The van der Waals surface area contributed by atoms with Crippen LogP contribution in [0.5, 0.6) is 0 Å². The normalized spacial score (nSPS) is 13.5. The van der Waals surface area contributed by atoms with Gasteiger partial charge in [-0.05, 0) is 17.0 Å². The highest BCUT2D eigenvalue weighted by Crippen LogP contribution is 2.30. The van der Waals surface area contributed by atoms with Crippen molar-refractivity contribution in [2.45, 2.75) is 6.54 Å². The van der Waals surface area contributed by atoms with E-state index >= 15 is 0 Å². The molecule has 14 heavy (non-hydrogen) atoms. The molecule has 2 heteroatoms. The molecule has 1 nitrogen and oxygen atoms in total. The van der Waals surface area contributed by atoms with E-state index in [1.807, 2.05) is 24.4 Å². The van der Waals surface area contributed by atoms with E-state index in [0.717, 1.165) is 17.0 Å².